The van der Waals surface area contributed by atoms with Gasteiger partial charge in [0.15, 0.2) is 11.9 Å². The molecule has 0 aliphatic carbocycles. The predicted molar refractivity (Wildman–Crippen MR) is 118 cm³/mol. The number of nitrogens with zero attached hydrogens (tertiary/aromatic N) is 9. The minimum absolute atomic E-state index is 0.0981. The van der Waals surface area contributed by atoms with Crippen LogP contribution in [0.15, 0.2) is 21.6 Å². The third kappa shape index (κ3) is 4.06. The molecule has 2 aromatic heterocycles. The summed E-state index contributed by atoms with van der Waals surface area (Å²) in [6, 6.07) is 0. The monoisotopic (exact) mass is 497 g/mol. The van der Waals surface area contributed by atoms with Crippen LogP contribution in [0.3, 0.4) is 0 Å². The Kier molecular flexibility index (Phi) is 6.35. The second kappa shape index (κ2) is 8.76. The summed E-state index contributed by atoms with van der Waals surface area (Å²) in [5.41, 5.74) is 0.564. The van der Waals surface area contributed by atoms with Crippen molar-refractivity contribution in [3.63, 3.8) is 0 Å². The second-order valence-electron chi connectivity index (χ2n) is 8.25. The molecule has 172 valence electrons. The Morgan fingerprint density at radius 1 is 1.12 bits per heavy atom. The third-order valence-electron chi connectivity index (χ3n) is 4.97. The van der Waals surface area contributed by atoms with Gasteiger partial charge in [0.05, 0.1) is 10.3 Å². The number of carbonyl (C=O) groups excluding carboxylic acids is 2. The zero-order chi connectivity index (χ0) is 23.2. The summed E-state index contributed by atoms with van der Waals surface area (Å²) in [5, 5.41) is 24.2. The molecular formula is C17H23N9O3S3. The van der Waals surface area contributed by atoms with Gasteiger partial charge in [-0.15, -0.1) is 22.0 Å². The molecule has 1 amide bonds. The number of Topliss-reactive ketones (excluding diaryl/α,β-unsaturated/α-hetero) is 1. The summed E-state index contributed by atoms with van der Waals surface area (Å²) in [4.78, 5) is 28.1. The van der Waals surface area contributed by atoms with Crippen LogP contribution in [0, 0.1) is 5.41 Å². The predicted octanol–water partition coefficient (Wildman–Crippen LogP) is 0.743. The van der Waals surface area contributed by atoms with Crippen LogP contribution in [0.5, 0.6) is 0 Å². The molecule has 15 heteroatoms. The van der Waals surface area contributed by atoms with Crippen molar-refractivity contribution in [1.29, 1.82) is 0 Å². The molecule has 0 N–H and O–H groups in total. The Bertz CT molecular complexity index is 1080. The average Bonchev–Trinajstić information content (AvgIpc) is 3.33. The van der Waals surface area contributed by atoms with E-state index in [0.717, 1.165) is 5.57 Å². The van der Waals surface area contributed by atoms with E-state index in [0.29, 0.717) is 21.8 Å². The molecule has 2 aliphatic heterocycles. The molecular weight excluding hydrogens is 474 g/mol. The summed E-state index contributed by atoms with van der Waals surface area (Å²) in [5.74, 6) is 0.124. The number of carbonyl (C=O) groups is 2. The maximum Gasteiger partial charge on any atom is 0.260 e. The van der Waals surface area contributed by atoms with Gasteiger partial charge >= 0.3 is 0 Å². The first-order valence-corrected chi connectivity index (χ1v) is 12.5. The Labute approximate surface area is 197 Å². The topological polar surface area (TPSA) is 134 Å². The zero-order valence-corrected chi connectivity index (χ0v) is 20.9. The van der Waals surface area contributed by atoms with Crippen molar-refractivity contribution >= 4 is 47.0 Å². The molecule has 3 atom stereocenters. The number of ether oxygens (including phenoxy) is 1. The van der Waals surface area contributed by atoms with Crippen molar-refractivity contribution in [3.8, 4) is 0 Å². The van der Waals surface area contributed by atoms with Gasteiger partial charge in [0.25, 0.3) is 5.91 Å². The van der Waals surface area contributed by atoms with E-state index in [-0.39, 0.29) is 21.6 Å². The highest BCUT2D eigenvalue weighted by atomic mass is 32.2. The van der Waals surface area contributed by atoms with E-state index in [1.165, 1.54) is 30.6 Å². The third-order valence-corrected chi connectivity index (χ3v) is 8.97. The molecule has 0 radical (unpaired) electrons. The molecule has 0 spiro atoms. The van der Waals surface area contributed by atoms with Gasteiger partial charge in [-0.25, -0.2) is 9.36 Å². The van der Waals surface area contributed by atoms with Crippen molar-refractivity contribution in [1.82, 2.24) is 45.3 Å². The molecule has 0 aromatic carbocycles. The van der Waals surface area contributed by atoms with Crippen LogP contribution in [0.25, 0.3) is 0 Å². The number of ketones is 1. The van der Waals surface area contributed by atoms with Crippen LogP contribution in [-0.4, -0.2) is 85.9 Å². The first-order valence-electron chi connectivity index (χ1n) is 9.66. The molecule has 1 fully saturated rings. The first kappa shape index (κ1) is 23.2. The van der Waals surface area contributed by atoms with Gasteiger partial charge in [-0.05, 0) is 26.4 Å². The molecule has 0 saturated carbocycles. The van der Waals surface area contributed by atoms with Crippen LogP contribution in [0.4, 0.5) is 0 Å². The van der Waals surface area contributed by atoms with Gasteiger partial charge in [-0.3, -0.25) is 14.5 Å². The average molecular weight is 498 g/mol. The molecule has 1 saturated heterocycles. The Balaban J connectivity index is 1.78. The fourth-order valence-corrected chi connectivity index (χ4v) is 7.30. The SMILES string of the molecule is COC1C(=O)N2C(C(=O)C(C)(C)C)=C(CSc3nnnn3C)C(Sc3nnnn3C)S[C@@H]12. The van der Waals surface area contributed by atoms with Crippen molar-refractivity contribution in [3.05, 3.63) is 11.3 Å². The van der Waals surface area contributed by atoms with E-state index >= 15 is 0 Å². The van der Waals surface area contributed by atoms with Crippen molar-refractivity contribution in [2.45, 2.75) is 47.1 Å². The van der Waals surface area contributed by atoms with Gasteiger partial charge in [-0.2, -0.15) is 0 Å². The van der Waals surface area contributed by atoms with E-state index < -0.39 is 11.5 Å². The molecule has 32 heavy (non-hydrogen) atoms. The van der Waals surface area contributed by atoms with E-state index in [4.69, 9.17) is 4.74 Å². The number of amides is 1. The lowest BCUT2D eigenvalue weighted by Crippen LogP contribution is -2.66. The maximum atomic E-state index is 13.6. The summed E-state index contributed by atoms with van der Waals surface area (Å²) in [6.07, 6.45) is -0.597. The fourth-order valence-electron chi connectivity index (χ4n) is 3.25. The number of aromatic nitrogens is 8. The number of tetrazole rings is 2. The van der Waals surface area contributed by atoms with Crippen LogP contribution < -0.4 is 0 Å². The largest absolute Gasteiger partial charge is 0.368 e. The lowest BCUT2D eigenvalue weighted by atomic mass is 9.86. The number of allylic oxidation sites excluding steroid dienone is 1. The van der Waals surface area contributed by atoms with E-state index in [2.05, 4.69) is 31.1 Å². The summed E-state index contributed by atoms with van der Waals surface area (Å²) in [6.45, 7) is 5.55. The molecule has 0 bridgehead atoms. The maximum absolute atomic E-state index is 13.6. The highest BCUT2D eigenvalue weighted by Gasteiger charge is 2.57. The van der Waals surface area contributed by atoms with E-state index in [1.54, 1.807) is 40.1 Å². The molecule has 4 rings (SSSR count). The van der Waals surface area contributed by atoms with Crippen LogP contribution >= 0.6 is 35.3 Å². The first-order chi connectivity index (χ1) is 15.1. The van der Waals surface area contributed by atoms with Crippen molar-refractivity contribution in [2.75, 3.05) is 12.9 Å². The number of β-lactam (4-membered cyclic amide) rings is 1. The summed E-state index contributed by atoms with van der Waals surface area (Å²) in [7, 11) is 5.03. The summed E-state index contributed by atoms with van der Waals surface area (Å²) >= 11 is 4.42. The lowest BCUT2D eigenvalue weighted by Gasteiger charge is -2.51. The normalized spacial score (nSPS) is 23.4. The van der Waals surface area contributed by atoms with Gasteiger partial charge < -0.3 is 4.74 Å². The van der Waals surface area contributed by atoms with E-state index in [9.17, 15) is 9.59 Å². The highest BCUT2D eigenvalue weighted by Crippen LogP contribution is 2.51. The lowest BCUT2D eigenvalue weighted by molar-refractivity contribution is -0.160. The number of aryl methyl sites for hydroxylation is 2. The number of rotatable bonds is 7. The van der Waals surface area contributed by atoms with Gasteiger partial charge in [-0.1, -0.05) is 44.3 Å². The molecule has 2 unspecified atom stereocenters. The minimum Gasteiger partial charge on any atom is -0.368 e. The molecule has 2 aliphatic rings. The number of methoxy groups -OCH3 is 1. The van der Waals surface area contributed by atoms with Gasteiger partial charge in [0.2, 0.25) is 10.3 Å². The Morgan fingerprint density at radius 2 is 1.75 bits per heavy atom. The second-order valence-corrected chi connectivity index (χ2v) is 11.8. The Morgan fingerprint density at radius 3 is 2.28 bits per heavy atom. The van der Waals surface area contributed by atoms with Gasteiger partial charge in [0.1, 0.15) is 5.37 Å². The van der Waals surface area contributed by atoms with Crippen LogP contribution in [0.2, 0.25) is 0 Å². The Hall–Kier alpha value is -1.97. The number of hydrogen-bond acceptors (Lipinski definition) is 12. The smallest absolute Gasteiger partial charge is 0.260 e. The quantitative estimate of drug-likeness (QED) is 0.394. The van der Waals surface area contributed by atoms with Crippen LogP contribution in [-0.2, 0) is 28.4 Å². The number of fused-ring (bicyclic) bond motifs is 1. The van der Waals surface area contributed by atoms with Crippen molar-refractivity contribution in [2.24, 2.45) is 19.5 Å². The molecule has 12 nitrogen and oxygen atoms in total. The number of thioether (sulfide) groups is 3. The van der Waals surface area contributed by atoms with Crippen LogP contribution in [0.1, 0.15) is 20.8 Å². The number of hydrogen-bond donors (Lipinski definition) is 0. The van der Waals surface area contributed by atoms with Crippen molar-refractivity contribution < 1.29 is 14.3 Å². The zero-order valence-electron chi connectivity index (χ0n) is 18.4. The van der Waals surface area contributed by atoms with Gasteiger partial charge in [0, 0.05) is 32.4 Å². The van der Waals surface area contributed by atoms with E-state index in [1.807, 2.05) is 20.8 Å². The molecule has 2 aromatic rings. The fraction of sp³-hybridized carbons (Fsp3) is 0.647. The summed E-state index contributed by atoms with van der Waals surface area (Å²) < 4.78 is 8.37. The minimum atomic E-state index is -0.676. The standard InChI is InChI=1S/C17H23N9O3S3/c1-17(2,3)11(27)9-8(7-30-15-18-20-22-24(15)4)14(32-16-19-21-23-25(16)5)31-13-10(29-6)12(28)26(9)13/h10,13-14H,7H2,1-6H3/t10?,13-,14?/m0/s1. The highest BCUT2D eigenvalue weighted by molar-refractivity contribution is 8.17. The molecule has 4 heterocycles.